The molecule has 0 aromatic rings. The van der Waals surface area contributed by atoms with Gasteiger partial charge in [-0.15, -0.1) is 0 Å². The highest BCUT2D eigenvalue weighted by atomic mass is 32.2. The Hall–Kier alpha value is -0.910. The summed E-state index contributed by atoms with van der Waals surface area (Å²) in [7, 11) is -2.88. The summed E-state index contributed by atoms with van der Waals surface area (Å²) in [6, 6.07) is 0. The zero-order chi connectivity index (χ0) is 22.1. The van der Waals surface area contributed by atoms with E-state index >= 15 is 0 Å². The second kappa shape index (κ2) is 9.30. The lowest BCUT2D eigenvalue weighted by molar-refractivity contribution is 0.0861. The van der Waals surface area contributed by atoms with E-state index in [1.165, 1.54) is 37.5 Å². The van der Waals surface area contributed by atoms with Gasteiger partial charge in [0, 0.05) is 18.4 Å². The van der Waals surface area contributed by atoms with E-state index in [4.69, 9.17) is 0 Å². The Morgan fingerprint density at radius 2 is 2.00 bits per heavy atom. The van der Waals surface area contributed by atoms with E-state index in [1.807, 2.05) is 0 Å². The second-order valence-electron chi connectivity index (χ2n) is 10.4. The number of aliphatic hydroxyl groups excluding tert-OH is 2. The summed E-state index contributed by atoms with van der Waals surface area (Å²) in [4.78, 5) is 0. The third kappa shape index (κ3) is 5.28. The van der Waals surface area contributed by atoms with Gasteiger partial charge in [-0.1, -0.05) is 38.2 Å². The van der Waals surface area contributed by atoms with Gasteiger partial charge in [-0.2, -0.15) is 0 Å². The maximum absolute atomic E-state index is 11.5. The first-order valence-electron chi connectivity index (χ1n) is 11.6. The molecular formula is C25H40O4S. The van der Waals surface area contributed by atoms with Crippen LogP contribution < -0.4 is 0 Å². The molecule has 3 fully saturated rings. The van der Waals surface area contributed by atoms with Crippen LogP contribution in [0.4, 0.5) is 0 Å². The van der Waals surface area contributed by atoms with E-state index in [1.54, 1.807) is 0 Å². The maximum atomic E-state index is 11.5. The molecule has 0 bridgehead atoms. The Labute approximate surface area is 183 Å². The minimum Gasteiger partial charge on any atom is -0.393 e. The van der Waals surface area contributed by atoms with E-state index in [0.29, 0.717) is 36.3 Å². The number of hydrogen-bond acceptors (Lipinski definition) is 4. The predicted octanol–water partition coefficient (Wildman–Crippen LogP) is 4.59. The van der Waals surface area contributed by atoms with E-state index < -0.39 is 22.0 Å². The summed E-state index contributed by atoms with van der Waals surface area (Å²) in [5.74, 6) is 2.07. The van der Waals surface area contributed by atoms with E-state index in [2.05, 4.69) is 32.6 Å². The predicted molar refractivity (Wildman–Crippen MR) is 123 cm³/mol. The molecule has 3 aliphatic rings. The van der Waals surface area contributed by atoms with Crippen molar-refractivity contribution in [2.24, 2.45) is 23.2 Å². The quantitative estimate of drug-likeness (QED) is 0.639. The Morgan fingerprint density at radius 1 is 1.27 bits per heavy atom. The fourth-order valence-electron chi connectivity index (χ4n) is 6.55. The van der Waals surface area contributed by atoms with E-state index in [9.17, 15) is 18.6 Å². The lowest BCUT2D eigenvalue weighted by Gasteiger charge is -2.44. The van der Waals surface area contributed by atoms with Crippen LogP contribution in [-0.2, 0) is 9.84 Å². The average molecular weight is 437 g/mol. The molecule has 0 spiro atoms. The Kier molecular flexibility index (Phi) is 7.36. The van der Waals surface area contributed by atoms with Crippen molar-refractivity contribution in [1.82, 2.24) is 0 Å². The highest BCUT2D eigenvalue weighted by Crippen LogP contribution is 2.59. The molecule has 0 unspecified atom stereocenters. The summed E-state index contributed by atoms with van der Waals surface area (Å²) < 4.78 is 23.0. The zero-order valence-electron chi connectivity index (χ0n) is 18.9. The molecular weight excluding hydrogens is 396 g/mol. The van der Waals surface area contributed by atoms with Gasteiger partial charge in [-0.25, -0.2) is 8.42 Å². The molecule has 2 N–H and O–H groups in total. The minimum absolute atomic E-state index is 0.287. The van der Waals surface area contributed by atoms with Crippen LogP contribution in [0.5, 0.6) is 0 Å². The first-order valence-corrected chi connectivity index (χ1v) is 13.7. The van der Waals surface area contributed by atoms with Crippen molar-refractivity contribution in [1.29, 1.82) is 0 Å². The molecule has 0 aliphatic heterocycles. The summed E-state index contributed by atoms with van der Waals surface area (Å²) >= 11 is 0. The molecule has 3 rings (SSSR count). The van der Waals surface area contributed by atoms with E-state index in [0.717, 1.165) is 30.4 Å². The van der Waals surface area contributed by atoms with Gasteiger partial charge < -0.3 is 10.2 Å². The van der Waals surface area contributed by atoms with Gasteiger partial charge in [0.25, 0.3) is 0 Å². The highest BCUT2D eigenvalue weighted by molar-refractivity contribution is 7.90. The summed E-state index contributed by atoms with van der Waals surface area (Å²) in [6.07, 6.45) is 13.2. The van der Waals surface area contributed by atoms with Crippen LogP contribution in [0.1, 0.15) is 71.6 Å². The van der Waals surface area contributed by atoms with Crippen molar-refractivity contribution in [3.63, 3.8) is 0 Å². The lowest BCUT2D eigenvalue weighted by atomic mass is 9.61. The van der Waals surface area contributed by atoms with Gasteiger partial charge in [-0.3, -0.25) is 0 Å². The molecule has 3 aliphatic carbocycles. The standard InChI is InChI=1S/C25H40O4S/c1-17(7-6-14-30(4,28)29)22-11-12-23-19(8-5-13-25(22,23)3)9-10-20-15-21(26)16-24(27)18(20)2/h9-10,17,21-24,26-27H,2,5-8,11-16H2,1,3-4H3/b19-9+,20-10+/t17-,21-,22-,23+,24+,25-/m1/s1. The Morgan fingerprint density at radius 3 is 2.70 bits per heavy atom. The van der Waals surface area contributed by atoms with Crippen molar-refractivity contribution in [3.8, 4) is 0 Å². The molecule has 0 amide bonds. The monoisotopic (exact) mass is 436 g/mol. The molecule has 3 saturated carbocycles. The summed E-state index contributed by atoms with van der Waals surface area (Å²) in [5, 5.41) is 20.1. The van der Waals surface area contributed by atoms with E-state index in [-0.39, 0.29) is 5.41 Å². The molecule has 5 heteroatoms. The molecule has 0 aromatic carbocycles. The number of allylic oxidation sites excluding steroid dienone is 3. The maximum Gasteiger partial charge on any atom is 0.147 e. The van der Waals surface area contributed by atoms with Gasteiger partial charge in [0.1, 0.15) is 9.84 Å². The second-order valence-corrected chi connectivity index (χ2v) is 12.7. The topological polar surface area (TPSA) is 74.6 Å². The lowest BCUT2D eigenvalue weighted by Crippen LogP contribution is -2.36. The van der Waals surface area contributed by atoms with Crippen LogP contribution in [0.3, 0.4) is 0 Å². The first-order chi connectivity index (χ1) is 14.0. The largest absolute Gasteiger partial charge is 0.393 e. The third-order valence-corrected chi connectivity index (χ3v) is 9.19. The number of fused-ring (bicyclic) bond motifs is 1. The fraction of sp³-hybridized carbons (Fsp3) is 0.760. The summed E-state index contributed by atoms with van der Waals surface area (Å²) in [5.41, 5.74) is 3.52. The summed E-state index contributed by atoms with van der Waals surface area (Å²) in [6.45, 7) is 8.80. The molecule has 0 saturated heterocycles. The van der Waals surface area contributed by atoms with Crippen LogP contribution in [0, 0.1) is 23.2 Å². The Balaban J connectivity index is 1.71. The minimum atomic E-state index is -2.88. The first kappa shape index (κ1) is 23.7. The molecule has 0 radical (unpaired) electrons. The smallest absolute Gasteiger partial charge is 0.147 e. The molecule has 4 nitrogen and oxygen atoms in total. The van der Waals surface area contributed by atoms with Crippen LogP contribution in [0.2, 0.25) is 0 Å². The van der Waals surface area contributed by atoms with Crippen molar-refractivity contribution in [2.75, 3.05) is 12.0 Å². The molecule has 0 aromatic heterocycles. The van der Waals surface area contributed by atoms with Gasteiger partial charge in [0.15, 0.2) is 0 Å². The fourth-order valence-corrected chi connectivity index (χ4v) is 7.24. The van der Waals surface area contributed by atoms with Crippen molar-refractivity contribution >= 4 is 9.84 Å². The molecule has 0 heterocycles. The normalized spacial score (nSPS) is 38.8. The van der Waals surface area contributed by atoms with Gasteiger partial charge >= 0.3 is 0 Å². The molecule has 170 valence electrons. The molecule has 30 heavy (non-hydrogen) atoms. The van der Waals surface area contributed by atoms with Crippen LogP contribution in [0.15, 0.2) is 35.5 Å². The third-order valence-electron chi connectivity index (χ3n) is 8.16. The highest BCUT2D eigenvalue weighted by Gasteiger charge is 2.50. The van der Waals surface area contributed by atoms with Gasteiger partial charge in [-0.05, 0) is 85.7 Å². The van der Waals surface area contributed by atoms with Crippen molar-refractivity contribution in [2.45, 2.75) is 83.8 Å². The number of hydrogen-bond donors (Lipinski definition) is 2. The van der Waals surface area contributed by atoms with Crippen LogP contribution in [-0.4, -0.2) is 42.8 Å². The van der Waals surface area contributed by atoms with Crippen LogP contribution >= 0.6 is 0 Å². The van der Waals surface area contributed by atoms with Crippen molar-refractivity contribution < 1.29 is 18.6 Å². The number of aliphatic hydroxyl groups is 2. The van der Waals surface area contributed by atoms with Crippen LogP contribution in [0.25, 0.3) is 0 Å². The Bertz CT molecular complexity index is 809. The van der Waals surface area contributed by atoms with Gasteiger partial charge in [0.05, 0.1) is 12.2 Å². The number of sulfone groups is 1. The molecule has 6 atom stereocenters. The van der Waals surface area contributed by atoms with Crippen molar-refractivity contribution in [3.05, 3.63) is 35.5 Å². The zero-order valence-corrected chi connectivity index (χ0v) is 19.8. The average Bonchev–Trinajstić information content (AvgIpc) is 3.00. The number of rotatable bonds is 6. The SMILES string of the molecule is C=C1/C(=C/C=C2\CCC[C@]3(C)[C@@H]([C@H](C)CCCS(C)(=O)=O)CC[C@@H]23)C[C@@H](O)C[C@@H]1O. The van der Waals surface area contributed by atoms with Gasteiger partial charge in [0.2, 0.25) is 0 Å².